The molecule has 7 nitrogen and oxygen atoms in total. The number of hydrogen-bond donors (Lipinski definition) is 1. The van der Waals surface area contributed by atoms with Crippen molar-refractivity contribution in [2.24, 2.45) is 11.8 Å². The van der Waals surface area contributed by atoms with Crippen LogP contribution in [-0.2, 0) is 4.79 Å². The molecule has 1 aliphatic heterocycles. The number of aromatic nitrogens is 1. The van der Waals surface area contributed by atoms with E-state index in [4.69, 9.17) is 0 Å². The Bertz CT molecular complexity index is 655. The molecule has 0 radical (unpaired) electrons. The van der Waals surface area contributed by atoms with Gasteiger partial charge >= 0.3 is 5.69 Å². The second kappa shape index (κ2) is 6.03. The number of anilines is 1. The summed E-state index contributed by atoms with van der Waals surface area (Å²) in [6, 6.07) is 2.63. The average molecular weight is 332 g/mol. The summed E-state index contributed by atoms with van der Waals surface area (Å²) in [5.74, 6) is 0.902. The first-order chi connectivity index (χ1) is 11.3. The number of nitrogens with one attached hydrogen (secondary N) is 1. The van der Waals surface area contributed by atoms with Crippen molar-refractivity contribution >= 4 is 17.4 Å². The predicted molar refractivity (Wildman–Crippen MR) is 90.8 cm³/mol. The Hall–Kier alpha value is -2.18. The number of hydrogen-bond acceptors (Lipinski definition) is 5. The molecule has 1 saturated carbocycles. The topological polar surface area (TPSA) is 88.4 Å². The molecule has 1 saturated heterocycles. The molecule has 7 heteroatoms. The number of carbonyl (C=O) groups is 1. The number of rotatable bonds is 3. The molecule has 1 aromatic rings. The quantitative estimate of drug-likeness (QED) is 0.678. The van der Waals surface area contributed by atoms with Crippen molar-refractivity contribution in [2.75, 3.05) is 11.4 Å². The molecule has 3 atom stereocenters. The third-order valence-corrected chi connectivity index (χ3v) is 4.89. The Labute approximate surface area is 141 Å². The maximum atomic E-state index is 12.9. The number of nitrogens with zero attached hydrogens (tertiary/aromatic N) is 3. The highest BCUT2D eigenvalue weighted by Crippen LogP contribution is 2.45. The van der Waals surface area contributed by atoms with Crippen molar-refractivity contribution in [3.63, 3.8) is 0 Å². The number of carbonyl (C=O) groups excluding carboxylic acids is 1. The molecule has 1 N–H and O–H groups in total. The first kappa shape index (κ1) is 16.7. The van der Waals surface area contributed by atoms with Crippen molar-refractivity contribution in [1.29, 1.82) is 0 Å². The van der Waals surface area contributed by atoms with Gasteiger partial charge in [0.25, 0.3) is 0 Å². The minimum atomic E-state index is -0.421. The summed E-state index contributed by atoms with van der Waals surface area (Å²) in [6.45, 7) is 6.49. The van der Waals surface area contributed by atoms with Crippen LogP contribution in [0.1, 0.15) is 40.0 Å². The zero-order valence-electron chi connectivity index (χ0n) is 14.4. The van der Waals surface area contributed by atoms with E-state index in [-0.39, 0.29) is 29.1 Å². The smallest absolute Gasteiger partial charge is 0.311 e. The summed E-state index contributed by atoms with van der Waals surface area (Å²) in [6.07, 6.45) is 4.73. The molecule has 0 bridgehead atoms. The van der Waals surface area contributed by atoms with Crippen molar-refractivity contribution < 1.29 is 9.72 Å². The Kier molecular flexibility index (Phi) is 4.19. The lowest BCUT2D eigenvalue weighted by Gasteiger charge is -2.31. The van der Waals surface area contributed by atoms with E-state index in [0.29, 0.717) is 18.3 Å². The molecule has 0 unspecified atom stereocenters. The van der Waals surface area contributed by atoms with Gasteiger partial charge in [-0.3, -0.25) is 14.9 Å². The second-order valence-corrected chi connectivity index (χ2v) is 7.79. The van der Waals surface area contributed by atoms with Crippen LogP contribution in [0.15, 0.2) is 18.3 Å². The third kappa shape index (κ3) is 3.07. The van der Waals surface area contributed by atoms with E-state index in [1.54, 1.807) is 12.3 Å². The minimum absolute atomic E-state index is 0.0361. The highest BCUT2D eigenvalue weighted by molar-refractivity contribution is 5.87. The summed E-state index contributed by atoms with van der Waals surface area (Å²) >= 11 is 0. The molecule has 1 amide bonds. The summed E-state index contributed by atoms with van der Waals surface area (Å²) < 4.78 is 0. The first-order valence-electron chi connectivity index (χ1n) is 8.46. The van der Waals surface area contributed by atoms with Crippen LogP contribution < -0.4 is 10.2 Å². The Morgan fingerprint density at radius 1 is 1.42 bits per heavy atom. The summed E-state index contributed by atoms with van der Waals surface area (Å²) in [5, 5.41) is 14.4. The summed E-state index contributed by atoms with van der Waals surface area (Å²) in [7, 11) is 0. The Balaban J connectivity index is 1.97. The summed E-state index contributed by atoms with van der Waals surface area (Å²) in [4.78, 5) is 30.0. The van der Waals surface area contributed by atoms with E-state index in [2.05, 4.69) is 10.3 Å². The van der Waals surface area contributed by atoms with Crippen molar-refractivity contribution in [3.05, 3.63) is 28.4 Å². The fraction of sp³-hybridized carbons (Fsp3) is 0.647. The Morgan fingerprint density at radius 3 is 2.83 bits per heavy atom. The third-order valence-electron chi connectivity index (χ3n) is 4.89. The van der Waals surface area contributed by atoms with Gasteiger partial charge < -0.3 is 10.2 Å². The van der Waals surface area contributed by atoms with Gasteiger partial charge in [-0.15, -0.1) is 0 Å². The molecule has 1 aliphatic carbocycles. The van der Waals surface area contributed by atoms with Gasteiger partial charge in [-0.2, -0.15) is 0 Å². The Morgan fingerprint density at radius 2 is 2.17 bits per heavy atom. The van der Waals surface area contributed by atoms with Crippen LogP contribution in [0.2, 0.25) is 0 Å². The standard InChI is InChI=1S/C17H24N4O3/c1-17(2,3)19-16(22)14-12-7-4-6-11(12)10-20(14)15-13(21(23)24)8-5-9-18-15/h5,8-9,11-12,14H,4,6-7,10H2,1-3H3,(H,19,22)/t11-,12-,14-/m0/s1. The molecule has 130 valence electrons. The van der Waals surface area contributed by atoms with Gasteiger partial charge in [-0.1, -0.05) is 6.42 Å². The van der Waals surface area contributed by atoms with Gasteiger partial charge in [0.2, 0.25) is 11.7 Å². The lowest BCUT2D eigenvalue weighted by Crippen LogP contribution is -2.52. The minimum Gasteiger partial charge on any atom is -0.350 e. The van der Waals surface area contributed by atoms with E-state index < -0.39 is 4.92 Å². The fourth-order valence-electron chi connectivity index (χ4n) is 4.06. The van der Waals surface area contributed by atoms with Crippen LogP contribution in [0, 0.1) is 22.0 Å². The van der Waals surface area contributed by atoms with Crippen LogP contribution in [0.25, 0.3) is 0 Å². The second-order valence-electron chi connectivity index (χ2n) is 7.79. The number of nitro groups is 1. The SMILES string of the molecule is CC(C)(C)NC(=O)[C@@H]1[C@H]2CCC[C@H]2CN1c1ncccc1[N+](=O)[O-]. The molecule has 0 spiro atoms. The molecular weight excluding hydrogens is 308 g/mol. The molecule has 2 aliphatic rings. The lowest BCUT2D eigenvalue weighted by atomic mass is 9.93. The van der Waals surface area contributed by atoms with Crippen LogP contribution >= 0.6 is 0 Å². The van der Waals surface area contributed by atoms with E-state index in [9.17, 15) is 14.9 Å². The number of fused-ring (bicyclic) bond motifs is 1. The van der Waals surface area contributed by atoms with Gasteiger partial charge in [-0.25, -0.2) is 4.98 Å². The lowest BCUT2D eigenvalue weighted by molar-refractivity contribution is -0.384. The predicted octanol–water partition coefficient (Wildman–Crippen LogP) is 2.51. The molecular formula is C17H24N4O3. The first-order valence-corrected chi connectivity index (χ1v) is 8.46. The largest absolute Gasteiger partial charge is 0.350 e. The molecule has 2 fully saturated rings. The van der Waals surface area contributed by atoms with E-state index in [0.717, 1.165) is 19.3 Å². The maximum Gasteiger partial charge on any atom is 0.311 e. The van der Waals surface area contributed by atoms with Gasteiger partial charge in [0.1, 0.15) is 6.04 Å². The zero-order chi connectivity index (χ0) is 17.5. The number of pyridine rings is 1. The van der Waals surface area contributed by atoms with Gasteiger partial charge in [0, 0.05) is 24.3 Å². The van der Waals surface area contributed by atoms with Gasteiger partial charge in [0.15, 0.2) is 0 Å². The maximum absolute atomic E-state index is 12.9. The molecule has 24 heavy (non-hydrogen) atoms. The molecule has 0 aromatic carbocycles. The van der Waals surface area contributed by atoms with Crippen molar-refractivity contribution in [1.82, 2.24) is 10.3 Å². The average Bonchev–Trinajstić information content (AvgIpc) is 3.05. The van der Waals surface area contributed by atoms with Crippen LogP contribution in [0.4, 0.5) is 11.5 Å². The van der Waals surface area contributed by atoms with E-state index >= 15 is 0 Å². The van der Waals surface area contributed by atoms with Crippen molar-refractivity contribution in [2.45, 2.75) is 51.6 Å². The highest BCUT2D eigenvalue weighted by Gasteiger charge is 2.49. The van der Waals surface area contributed by atoms with E-state index in [1.807, 2.05) is 25.7 Å². The zero-order valence-corrected chi connectivity index (χ0v) is 14.4. The number of amides is 1. The molecule has 3 rings (SSSR count). The summed E-state index contributed by atoms with van der Waals surface area (Å²) in [5.41, 5.74) is -0.374. The van der Waals surface area contributed by atoms with Crippen molar-refractivity contribution in [3.8, 4) is 0 Å². The van der Waals surface area contributed by atoms with Crippen LogP contribution in [0.5, 0.6) is 0 Å². The highest BCUT2D eigenvalue weighted by atomic mass is 16.6. The monoisotopic (exact) mass is 332 g/mol. The fourth-order valence-corrected chi connectivity index (χ4v) is 4.06. The normalized spacial score (nSPS) is 26.3. The molecule has 2 heterocycles. The van der Waals surface area contributed by atoms with Gasteiger partial charge in [-0.05, 0) is 51.5 Å². The van der Waals surface area contributed by atoms with E-state index in [1.165, 1.54) is 6.07 Å². The van der Waals surface area contributed by atoms with Gasteiger partial charge in [0.05, 0.1) is 4.92 Å². The van der Waals surface area contributed by atoms with Crippen LogP contribution in [-0.4, -0.2) is 33.9 Å². The van der Waals surface area contributed by atoms with Crippen LogP contribution in [0.3, 0.4) is 0 Å². The molecule has 1 aromatic heterocycles.